The zero-order valence-corrected chi connectivity index (χ0v) is 18.4. The van der Waals surface area contributed by atoms with Crippen molar-refractivity contribution >= 4 is 29.0 Å². The summed E-state index contributed by atoms with van der Waals surface area (Å²) in [7, 11) is 0. The Morgan fingerprint density at radius 2 is 1.67 bits per heavy atom. The first-order chi connectivity index (χ1) is 14.6. The first kappa shape index (κ1) is 22.0. The van der Waals surface area contributed by atoms with Crippen molar-refractivity contribution in [3.63, 3.8) is 0 Å². The van der Waals surface area contributed by atoms with Crippen molar-refractivity contribution in [1.29, 1.82) is 0 Å². The molecule has 3 rings (SSSR count). The highest BCUT2D eigenvalue weighted by Gasteiger charge is 2.40. The number of amides is 2. The Kier molecular flexibility index (Phi) is 7.63. The maximum atomic E-state index is 13.3. The lowest BCUT2D eigenvalue weighted by molar-refractivity contribution is -0.137. The van der Waals surface area contributed by atoms with Crippen molar-refractivity contribution in [1.82, 2.24) is 14.8 Å². The summed E-state index contributed by atoms with van der Waals surface area (Å²) in [4.78, 5) is 34.1. The molecule has 30 heavy (non-hydrogen) atoms. The van der Waals surface area contributed by atoms with Gasteiger partial charge in [0.2, 0.25) is 0 Å². The van der Waals surface area contributed by atoms with E-state index in [1.165, 1.54) is 4.90 Å². The predicted octanol–water partition coefficient (Wildman–Crippen LogP) is 4.57. The van der Waals surface area contributed by atoms with E-state index in [9.17, 15) is 9.59 Å². The van der Waals surface area contributed by atoms with Gasteiger partial charge in [-0.3, -0.25) is 19.5 Å². The van der Waals surface area contributed by atoms with E-state index < -0.39 is 0 Å². The fraction of sp³-hybridized carbons (Fsp3) is 0.375. The molecule has 1 aromatic carbocycles. The molecular weight excluding hydrogens is 398 g/mol. The lowest BCUT2D eigenvalue weighted by atomic mass is 10.0. The zero-order valence-electron chi connectivity index (χ0n) is 17.6. The summed E-state index contributed by atoms with van der Waals surface area (Å²) in [6, 6.07) is 11.1. The standard InChI is InChI=1S/C24H28ClN3O2/c1-3-5-6-16-28-23(29)21(19-7-9-20(25)10-8-19)22(24(28)30)27(4-2)17-13-18-11-14-26-15-12-18/h7-12,14-15H,3-6,13,16-17H2,1-2H3. The van der Waals surface area contributed by atoms with Crippen molar-refractivity contribution in [2.75, 3.05) is 19.6 Å². The van der Waals surface area contributed by atoms with E-state index in [0.29, 0.717) is 35.9 Å². The number of unbranched alkanes of at least 4 members (excludes halogenated alkanes) is 2. The SMILES string of the molecule is CCCCCN1C(=O)C(c2ccc(Cl)cc2)=C(N(CC)CCc2ccncc2)C1=O. The Labute approximate surface area is 183 Å². The molecule has 0 atom stereocenters. The van der Waals surface area contributed by atoms with E-state index in [1.807, 2.05) is 36.1 Å². The quantitative estimate of drug-likeness (QED) is 0.413. The fourth-order valence-electron chi connectivity index (χ4n) is 3.70. The van der Waals surface area contributed by atoms with Crippen LogP contribution in [0.15, 0.2) is 54.5 Å². The summed E-state index contributed by atoms with van der Waals surface area (Å²) in [6.07, 6.45) is 7.15. The molecule has 158 valence electrons. The van der Waals surface area contributed by atoms with Crippen LogP contribution in [0.5, 0.6) is 0 Å². The first-order valence-corrected chi connectivity index (χ1v) is 10.9. The zero-order chi connectivity index (χ0) is 21.5. The van der Waals surface area contributed by atoms with E-state index in [1.54, 1.807) is 24.5 Å². The molecule has 1 aliphatic rings. The number of nitrogens with zero attached hydrogens (tertiary/aromatic N) is 3. The van der Waals surface area contributed by atoms with Gasteiger partial charge in [-0.2, -0.15) is 0 Å². The molecule has 6 heteroatoms. The van der Waals surface area contributed by atoms with Crippen LogP contribution in [-0.2, 0) is 16.0 Å². The molecule has 1 aromatic heterocycles. The van der Waals surface area contributed by atoms with Crippen molar-refractivity contribution in [2.24, 2.45) is 0 Å². The van der Waals surface area contributed by atoms with Gasteiger partial charge in [0.25, 0.3) is 11.8 Å². The maximum Gasteiger partial charge on any atom is 0.277 e. The molecule has 0 aliphatic carbocycles. The number of imide groups is 1. The third kappa shape index (κ3) is 4.90. The van der Waals surface area contributed by atoms with Crippen molar-refractivity contribution in [3.05, 3.63) is 70.6 Å². The Hall–Kier alpha value is -2.66. The number of hydrogen-bond donors (Lipinski definition) is 0. The van der Waals surface area contributed by atoms with E-state index in [2.05, 4.69) is 11.9 Å². The molecule has 2 amide bonds. The Bertz CT molecular complexity index is 910. The third-order valence-electron chi connectivity index (χ3n) is 5.38. The van der Waals surface area contributed by atoms with Crippen LogP contribution >= 0.6 is 11.6 Å². The number of hydrogen-bond acceptors (Lipinski definition) is 4. The molecular formula is C24H28ClN3O2. The van der Waals surface area contributed by atoms with Gasteiger partial charge in [-0.15, -0.1) is 0 Å². The lowest BCUT2D eigenvalue weighted by Gasteiger charge is -2.25. The predicted molar refractivity (Wildman–Crippen MR) is 120 cm³/mol. The van der Waals surface area contributed by atoms with Crippen LogP contribution in [0.4, 0.5) is 0 Å². The maximum absolute atomic E-state index is 13.3. The van der Waals surface area contributed by atoms with Crippen LogP contribution in [0.25, 0.3) is 5.57 Å². The van der Waals surface area contributed by atoms with Gasteiger partial charge in [0.15, 0.2) is 0 Å². The molecule has 2 heterocycles. The number of carbonyl (C=O) groups is 2. The van der Waals surface area contributed by atoms with Gasteiger partial charge < -0.3 is 4.90 Å². The van der Waals surface area contributed by atoms with Gasteiger partial charge >= 0.3 is 0 Å². The molecule has 0 unspecified atom stereocenters. The van der Waals surface area contributed by atoms with Crippen LogP contribution < -0.4 is 0 Å². The highest BCUT2D eigenvalue weighted by Crippen LogP contribution is 2.32. The van der Waals surface area contributed by atoms with Gasteiger partial charge in [0, 0.05) is 37.1 Å². The summed E-state index contributed by atoms with van der Waals surface area (Å²) in [6.45, 7) is 5.85. The summed E-state index contributed by atoms with van der Waals surface area (Å²) < 4.78 is 0. The Balaban J connectivity index is 1.93. The van der Waals surface area contributed by atoms with Crippen LogP contribution in [0.1, 0.15) is 44.2 Å². The largest absolute Gasteiger partial charge is 0.366 e. The summed E-state index contributed by atoms with van der Waals surface area (Å²) in [5.74, 6) is -0.409. The van der Waals surface area contributed by atoms with Crippen LogP contribution in [0, 0.1) is 0 Å². The minimum Gasteiger partial charge on any atom is -0.366 e. The van der Waals surface area contributed by atoms with Crippen molar-refractivity contribution < 1.29 is 9.59 Å². The average molecular weight is 426 g/mol. The molecule has 0 saturated heterocycles. The number of rotatable bonds is 10. The molecule has 1 aliphatic heterocycles. The van der Waals surface area contributed by atoms with Gasteiger partial charge in [-0.1, -0.05) is 43.5 Å². The molecule has 5 nitrogen and oxygen atoms in total. The van der Waals surface area contributed by atoms with Crippen LogP contribution in [-0.4, -0.2) is 46.2 Å². The number of benzene rings is 1. The summed E-state index contributed by atoms with van der Waals surface area (Å²) in [5, 5.41) is 0.600. The second kappa shape index (κ2) is 10.4. The topological polar surface area (TPSA) is 53.5 Å². The minimum atomic E-state index is -0.212. The van der Waals surface area contributed by atoms with Crippen LogP contribution in [0.2, 0.25) is 5.02 Å². The first-order valence-electron chi connectivity index (χ1n) is 10.6. The molecule has 0 radical (unpaired) electrons. The minimum absolute atomic E-state index is 0.197. The molecule has 0 fully saturated rings. The molecule has 0 spiro atoms. The molecule has 0 N–H and O–H groups in total. The van der Waals surface area contributed by atoms with E-state index >= 15 is 0 Å². The van der Waals surface area contributed by atoms with Crippen molar-refractivity contribution in [3.8, 4) is 0 Å². The number of likely N-dealkylation sites (N-methyl/N-ethyl adjacent to an activating group) is 1. The molecule has 0 bridgehead atoms. The van der Waals surface area contributed by atoms with Gasteiger partial charge in [-0.05, 0) is 55.2 Å². The smallest absolute Gasteiger partial charge is 0.277 e. The lowest BCUT2D eigenvalue weighted by Crippen LogP contribution is -2.36. The molecule has 0 saturated carbocycles. The highest BCUT2D eigenvalue weighted by atomic mass is 35.5. The third-order valence-corrected chi connectivity index (χ3v) is 5.63. The summed E-state index contributed by atoms with van der Waals surface area (Å²) in [5.41, 5.74) is 2.85. The van der Waals surface area contributed by atoms with E-state index in [-0.39, 0.29) is 11.8 Å². The number of aromatic nitrogens is 1. The Morgan fingerprint density at radius 1 is 0.967 bits per heavy atom. The average Bonchev–Trinajstić information content (AvgIpc) is 3.01. The second-order valence-corrected chi connectivity index (χ2v) is 7.82. The van der Waals surface area contributed by atoms with E-state index in [0.717, 1.165) is 36.8 Å². The fourth-order valence-corrected chi connectivity index (χ4v) is 3.82. The second-order valence-electron chi connectivity index (χ2n) is 7.38. The monoisotopic (exact) mass is 425 g/mol. The number of carbonyl (C=O) groups excluding carboxylic acids is 2. The normalized spacial score (nSPS) is 14.0. The number of halogens is 1. The summed E-state index contributed by atoms with van der Waals surface area (Å²) >= 11 is 6.05. The molecule has 2 aromatic rings. The van der Waals surface area contributed by atoms with E-state index in [4.69, 9.17) is 11.6 Å². The van der Waals surface area contributed by atoms with Crippen molar-refractivity contribution in [2.45, 2.75) is 39.5 Å². The van der Waals surface area contributed by atoms with Crippen LogP contribution in [0.3, 0.4) is 0 Å². The Morgan fingerprint density at radius 3 is 2.30 bits per heavy atom. The van der Waals surface area contributed by atoms with Gasteiger partial charge in [0.05, 0.1) is 5.57 Å². The van der Waals surface area contributed by atoms with Gasteiger partial charge in [-0.25, -0.2) is 0 Å². The highest BCUT2D eigenvalue weighted by molar-refractivity contribution is 6.36. The number of pyridine rings is 1. The van der Waals surface area contributed by atoms with Gasteiger partial charge in [0.1, 0.15) is 5.70 Å².